The highest BCUT2D eigenvalue weighted by Crippen LogP contribution is 2.38. The Bertz CT molecular complexity index is 4040. The summed E-state index contributed by atoms with van der Waals surface area (Å²) in [6.07, 6.45) is -1.42. The van der Waals surface area contributed by atoms with Crippen molar-refractivity contribution in [3.05, 3.63) is 187 Å². The van der Waals surface area contributed by atoms with Gasteiger partial charge in [0.05, 0.1) is 23.7 Å². The van der Waals surface area contributed by atoms with Gasteiger partial charge in [0, 0.05) is 62.5 Å². The number of rotatable bonds is 12. The van der Waals surface area contributed by atoms with Crippen molar-refractivity contribution in [3.8, 4) is 62.0 Å². The molecule has 6 aromatic carbocycles. The van der Waals surface area contributed by atoms with Crippen molar-refractivity contribution < 1.29 is 36.9 Å². The summed E-state index contributed by atoms with van der Waals surface area (Å²) in [5, 5.41) is 17.3. The largest absolute Gasteiger partial charge is 0.573 e. The third kappa shape index (κ3) is 10.2. The van der Waals surface area contributed by atoms with Gasteiger partial charge in [-0.2, -0.15) is 10.2 Å². The molecular formula is C57H43F3N10O5. The van der Waals surface area contributed by atoms with Crippen LogP contribution in [0.25, 0.3) is 88.6 Å². The number of pyridine rings is 2. The molecule has 6 heterocycles. The molecule has 8 N–H and O–H groups in total. The molecule has 12 aromatic rings. The van der Waals surface area contributed by atoms with E-state index >= 15 is 0 Å². The maximum Gasteiger partial charge on any atom is 0.573 e. The van der Waals surface area contributed by atoms with Gasteiger partial charge in [0.1, 0.15) is 41.8 Å². The van der Waals surface area contributed by atoms with Crippen molar-refractivity contribution >= 4 is 61.5 Å². The molecule has 0 radical (unpaired) electrons. The highest BCUT2D eigenvalue weighted by molar-refractivity contribution is 6.02. The quantitative estimate of drug-likeness (QED) is 0.0632. The molecule has 6 aromatic heterocycles. The first-order valence-electron chi connectivity index (χ1n) is 23.3. The third-order valence-corrected chi connectivity index (χ3v) is 12.4. The highest BCUT2D eigenvalue weighted by Gasteiger charge is 2.31. The molecule has 0 amide bonds. The van der Waals surface area contributed by atoms with Gasteiger partial charge < -0.3 is 40.4 Å². The molecule has 0 atom stereocenters. The van der Waals surface area contributed by atoms with E-state index in [1.54, 1.807) is 30.6 Å². The van der Waals surface area contributed by atoms with Crippen LogP contribution in [0.1, 0.15) is 21.5 Å². The van der Waals surface area contributed by atoms with Gasteiger partial charge in [-0.1, -0.05) is 72.8 Å². The zero-order valence-electron chi connectivity index (χ0n) is 39.7. The second-order valence-electron chi connectivity index (χ2n) is 17.4. The number of hydrogen-bond acceptors (Lipinski definition) is 11. The number of halogens is 3. The predicted octanol–water partition coefficient (Wildman–Crippen LogP) is 12.6. The van der Waals surface area contributed by atoms with Crippen LogP contribution in [0.4, 0.5) is 24.8 Å². The van der Waals surface area contributed by atoms with Crippen LogP contribution in [0.15, 0.2) is 170 Å². The Morgan fingerprint density at radius 3 is 1.51 bits per heavy atom. The van der Waals surface area contributed by atoms with Gasteiger partial charge in [0.25, 0.3) is 0 Å². The van der Waals surface area contributed by atoms with E-state index in [0.29, 0.717) is 46.5 Å². The van der Waals surface area contributed by atoms with E-state index in [2.05, 4.69) is 45.1 Å². The molecule has 0 aliphatic carbocycles. The number of nitrogens with two attached hydrogens (primary N) is 2. The van der Waals surface area contributed by atoms with E-state index in [4.69, 9.17) is 25.7 Å². The predicted molar refractivity (Wildman–Crippen MR) is 282 cm³/mol. The number of hydrogen-bond donors (Lipinski definition) is 6. The molecule has 18 heteroatoms. The summed E-state index contributed by atoms with van der Waals surface area (Å²) in [5.74, 6) is 0.830. The first-order chi connectivity index (χ1) is 36.4. The molecule has 0 bridgehead atoms. The number of nitrogens with zero attached hydrogens (tertiary/aromatic N) is 4. The number of benzene rings is 6. The number of nitrogen functional groups attached to an aromatic ring is 2. The van der Waals surface area contributed by atoms with E-state index < -0.39 is 12.3 Å². The average Bonchev–Trinajstić information content (AvgIpc) is 4.25. The Kier molecular flexibility index (Phi) is 12.5. The molecule has 0 saturated heterocycles. The Hall–Kier alpha value is -10.1. The zero-order valence-corrected chi connectivity index (χ0v) is 39.7. The summed E-state index contributed by atoms with van der Waals surface area (Å²) in [7, 11) is 1.36. The number of ether oxygens (including phenoxy) is 4. The summed E-state index contributed by atoms with van der Waals surface area (Å²) >= 11 is 0. The van der Waals surface area contributed by atoms with Crippen molar-refractivity contribution in [2.45, 2.75) is 19.6 Å². The first kappa shape index (κ1) is 47.2. The third-order valence-electron chi connectivity index (χ3n) is 12.4. The van der Waals surface area contributed by atoms with E-state index in [1.165, 1.54) is 19.2 Å². The minimum atomic E-state index is -4.85. The summed E-state index contributed by atoms with van der Waals surface area (Å²) in [6.45, 7) is 0.566. The summed E-state index contributed by atoms with van der Waals surface area (Å²) in [4.78, 5) is 28.0. The summed E-state index contributed by atoms with van der Waals surface area (Å²) < 4.78 is 60.3. The van der Waals surface area contributed by atoms with Gasteiger partial charge in [-0.15, -0.1) is 13.2 Å². The number of anilines is 2. The fourth-order valence-electron chi connectivity index (χ4n) is 8.83. The number of aromatic amines is 4. The Morgan fingerprint density at radius 1 is 0.533 bits per heavy atom. The fourth-order valence-corrected chi connectivity index (χ4v) is 8.83. The van der Waals surface area contributed by atoms with Crippen LogP contribution >= 0.6 is 0 Å². The summed E-state index contributed by atoms with van der Waals surface area (Å²) in [5.41, 5.74) is 23.7. The molecule has 0 saturated carbocycles. The van der Waals surface area contributed by atoms with Crippen LogP contribution in [0.5, 0.6) is 17.2 Å². The maximum atomic E-state index is 13.1. The van der Waals surface area contributed by atoms with Gasteiger partial charge >= 0.3 is 12.3 Å². The smallest absolute Gasteiger partial charge is 0.489 e. The molecule has 372 valence electrons. The number of methoxy groups -OCH3 is 1. The Morgan fingerprint density at radius 2 is 1.01 bits per heavy atom. The molecule has 0 fully saturated rings. The monoisotopic (exact) mass is 1000 g/mol. The van der Waals surface area contributed by atoms with Crippen LogP contribution in [-0.4, -0.2) is 59.8 Å². The molecule has 75 heavy (non-hydrogen) atoms. The van der Waals surface area contributed by atoms with E-state index in [1.807, 2.05) is 127 Å². The molecule has 15 nitrogen and oxygen atoms in total. The maximum absolute atomic E-state index is 13.1. The lowest BCUT2D eigenvalue weighted by atomic mass is 10.0. The van der Waals surface area contributed by atoms with Crippen LogP contribution in [0.2, 0.25) is 0 Å². The van der Waals surface area contributed by atoms with Crippen LogP contribution in [0, 0.1) is 0 Å². The number of esters is 1. The lowest BCUT2D eigenvalue weighted by Crippen LogP contribution is -2.17. The van der Waals surface area contributed by atoms with Crippen molar-refractivity contribution in [1.29, 1.82) is 0 Å². The Balaban J connectivity index is 0.000000161. The topological polar surface area (TPSA) is 221 Å². The van der Waals surface area contributed by atoms with Crippen molar-refractivity contribution in [3.63, 3.8) is 0 Å². The number of alkyl halides is 3. The molecule has 0 aliphatic heterocycles. The number of nitrogens with one attached hydrogen (secondary N) is 4. The number of H-pyrrole nitrogens is 4. The Labute approximate surface area is 424 Å². The van der Waals surface area contributed by atoms with Gasteiger partial charge in [-0.3, -0.25) is 10.2 Å². The van der Waals surface area contributed by atoms with Gasteiger partial charge in [0.15, 0.2) is 11.6 Å². The minimum absolute atomic E-state index is 0.188. The van der Waals surface area contributed by atoms with Crippen LogP contribution < -0.4 is 25.7 Å². The zero-order chi connectivity index (χ0) is 51.6. The highest BCUT2D eigenvalue weighted by atomic mass is 19.4. The minimum Gasteiger partial charge on any atom is -0.489 e. The van der Waals surface area contributed by atoms with E-state index in [-0.39, 0.29) is 18.1 Å². The number of carbonyl (C=O) groups excluding carboxylic acids is 1. The molecule has 0 unspecified atom stereocenters. The standard InChI is InChI=1S/C29H23N5O3.C28H20F3N5O2/c1-36-29(35)20-11-19(12-21(13-20)37-16-17-5-3-2-4-6-17)26-15-23-22(9-10-31-28(23)32-26)18-7-8-25-24(14-18)27(30)34-33-25;29-28(30,31)38-20-11-18(10-19(13-20)37-15-16-4-2-1-3-5-16)25-14-22-21(8-9-33-27(22)34-25)17-6-7-24-23(12-17)26(32)36-35-24/h2-15H,16H2,1H3,(H,31,32)(H3,30,33,34);1-14H,15H2,(H,33,34)(H3,32,35,36). The molecular weight excluding hydrogens is 962 g/mol. The second-order valence-corrected chi connectivity index (χ2v) is 17.4. The van der Waals surface area contributed by atoms with Gasteiger partial charge in [-0.05, 0) is 112 Å². The molecule has 0 spiro atoms. The normalized spacial score (nSPS) is 11.5. The SMILES string of the molecule is COC(=O)c1cc(OCc2ccccc2)cc(-c2cc3c(-c4ccc5[nH]nc(N)c5c4)ccnc3[nH]2)c1.Nc1n[nH]c2ccc(-c3ccnc4[nH]c(-c5cc(OCc6ccccc6)cc(OC(F)(F)F)c5)cc34)cc12. The average molecular weight is 1010 g/mol. The number of fused-ring (bicyclic) bond motifs is 4. The van der Waals surface area contributed by atoms with Crippen LogP contribution in [-0.2, 0) is 18.0 Å². The van der Waals surface area contributed by atoms with E-state index in [0.717, 1.165) is 82.9 Å². The lowest BCUT2D eigenvalue weighted by Gasteiger charge is -2.13. The van der Waals surface area contributed by atoms with Gasteiger partial charge in [0.2, 0.25) is 0 Å². The first-order valence-corrected chi connectivity index (χ1v) is 23.3. The fraction of sp³-hybridized carbons (Fsp3) is 0.0702. The molecule has 0 aliphatic rings. The molecule has 12 rings (SSSR count). The van der Waals surface area contributed by atoms with Crippen molar-refractivity contribution in [1.82, 2.24) is 40.3 Å². The van der Waals surface area contributed by atoms with Crippen molar-refractivity contribution in [2.75, 3.05) is 18.6 Å². The number of carbonyl (C=O) groups is 1. The summed E-state index contributed by atoms with van der Waals surface area (Å²) in [6, 6.07) is 48.2. The van der Waals surface area contributed by atoms with Gasteiger partial charge in [-0.25, -0.2) is 14.8 Å². The van der Waals surface area contributed by atoms with E-state index in [9.17, 15) is 18.0 Å². The lowest BCUT2D eigenvalue weighted by molar-refractivity contribution is -0.274. The van der Waals surface area contributed by atoms with Crippen LogP contribution in [0.3, 0.4) is 0 Å². The van der Waals surface area contributed by atoms with Crippen molar-refractivity contribution in [2.24, 2.45) is 0 Å². The number of aromatic nitrogens is 8. The second kappa shape index (κ2) is 19.8.